The zero-order chi connectivity index (χ0) is 24.4. The number of benzene rings is 2. The minimum Gasteiger partial charge on any atom is -0.496 e. The lowest BCUT2D eigenvalue weighted by molar-refractivity contribution is 0.0693. The van der Waals surface area contributed by atoms with Gasteiger partial charge < -0.3 is 9.64 Å². The number of sulfonamides is 1. The first-order valence-corrected chi connectivity index (χ1v) is 14.1. The van der Waals surface area contributed by atoms with E-state index in [1.54, 1.807) is 24.0 Å². The van der Waals surface area contributed by atoms with Gasteiger partial charge in [0.25, 0.3) is 5.91 Å². The van der Waals surface area contributed by atoms with Crippen molar-refractivity contribution in [2.24, 2.45) is 5.92 Å². The minimum atomic E-state index is -3.96. The van der Waals surface area contributed by atoms with Gasteiger partial charge in [-0.25, -0.2) is 21.6 Å². The number of piperidine rings is 1. The third-order valence-corrected chi connectivity index (χ3v) is 8.59. The Labute approximate surface area is 195 Å². The second kappa shape index (κ2) is 9.82. The van der Waals surface area contributed by atoms with Gasteiger partial charge in [-0.15, -0.1) is 0 Å². The Morgan fingerprint density at radius 2 is 1.61 bits per heavy atom. The topological polar surface area (TPSA) is 110 Å². The van der Waals surface area contributed by atoms with Crippen molar-refractivity contribution in [3.05, 3.63) is 53.6 Å². The van der Waals surface area contributed by atoms with Crippen LogP contribution in [-0.4, -0.2) is 54.1 Å². The summed E-state index contributed by atoms with van der Waals surface area (Å²) in [4.78, 5) is 14.9. The molecule has 1 unspecified atom stereocenters. The SMILES string of the molecule is COc1ccc(S(=O)(=O)NC(C)c2ccc(S(C)(=O)=O)cc2)cc1C(=O)N1CCC(C)CC1. The quantitative estimate of drug-likeness (QED) is 0.634. The summed E-state index contributed by atoms with van der Waals surface area (Å²) in [6, 6.07) is 9.65. The summed E-state index contributed by atoms with van der Waals surface area (Å²) in [6.45, 7) is 5.06. The van der Waals surface area contributed by atoms with Crippen LogP contribution in [0.5, 0.6) is 5.75 Å². The van der Waals surface area contributed by atoms with Crippen LogP contribution in [0.1, 0.15) is 48.7 Å². The van der Waals surface area contributed by atoms with Crippen molar-refractivity contribution in [3.63, 3.8) is 0 Å². The molecule has 3 rings (SSSR count). The fourth-order valence-corrected chi connectivity index (χ4v) is 5.66. The first kappa shape index (κ1) is 25.2. The van der Waals surface area contributed by atoms with Gasteiger partial charge in [-0.1, -0.05) is 19.1 Å². The molecular weight excluding hydrogens is 464 g/mol. The van der Waals surface area contributed by atoms with E-state index in [-0.39, 0.29) is 21.3 Å². The maximum Gasteiger partial charge on any atom is 0.257 e. The first-order valence-electron chi connectivity index (χ1n) is 10.7. The number of likely N-dealkylation sites (tertiary alicyclic amines) is 1. The largest absolute Gasteiger partial charge is 0.496 e. The lowest BCUT2D eigenvalue weighted by Crippen LogP contribution is -2.38. The van der Waals surface area contributed by atoms with E-state index in [2.05, 4.69) is 11.6 Å². The molecule has 0 saturated carbocycles. The van der Waals surface area contributed by atoms with Crippen molar-refractivity contribution in [3.8, 4) is 5.75 Å². The normalized spacial score (nSPS) is 16.4. The molecule has 0 aromatic heterocycles. The van der Waals surface area contributed by atoms with Gasteiger partial charge in [-0.05, 0) is 61.6 Å². The van der Waals surface area contributed by atoms with Crippen LogP contribution < -0.4 is 9.46 Å². The van der Waals surface area contributed by atoms with Crippen molar-refractivity contribution >= 4 is 25.8 Å². The third-order valence-electron chi connectivity index (χ3n) is 5.92. The molecule has 10 heteroatoms. The van der Waals surface area contributed by atoms with E-state index in [1.165, 1.54) is 37.4 Å². The summed E-state index contributed by atoms with van der Waals surface area (Å²) < 4.78 is 57.3. The Bertz CT molecular complexity index is 1220. The van der Waals surface area contributed by atoms with Gasteiger partial charge in [0, 0.05) is 25.4 Å². The number of rotatable bonds is 7. The fraction of sp³-hybridized carbons (Fsp3) is 0.435. The van der Waals surface area contributed by atoms with Crippen molar-refractivity contribution in [1.82, 2.24) is 9.62 Å². The highest BCUT2D eigenvalue weighted by Crippen LogP contribution is 2.27. The third kappa shape index (κ3) is 5.93. The Morgan fingerprint density at radius 3 is 2.15 bits per heavy atom. The molecule has 0 spiro atoms. The summed E-state index contributed by atoms with van der Waals surface area (Å²) in [6.07, 6.45) is 2.92. The molecule has 1 aliphatic heterocycles. The number of hydrogen-bond acceptors (Lipinski definition) is 6. The molecule has 1 amide bonds. The van der Waals surface area contributed by atoms with Gasteiger partial charge in [0.05, 0.1) is 22.5 Å². The molecule has 8 nitrogen and oxygen atoms in total. The zero-order valence-electron chi connectivity index (χ0n) is 19.2. The lowest BCUT2D eigenvalue weighted by Gasteiger charge is -2.30. The standard InChI is InChI=1S/C23H30N2O6S2/c1-16-11-13-25(14-12-16)23(26)21-15-20(9-10-22(21)31-3)33(29,30)24-17(2)18-5-7-19(8-6-18)32(4,27)28/h5-10,15-17,24H,11-14H2,1-4H3. The second-order valence-corrected chi connectivity index (χ2v) is 12.3. The van der Waals surface area contributed by atoms with Gasteiger partial charge >= 0.3 is 0 Å². The summed E-state index contributed by atoms with van der Waals surface area (Å²) >= 11 is 0. The average molecular weight is 495 g/mol. The van der Waals surface area contributed by atoms with Gasteiger partial charge in [-0.3, -0.25) is 4.79 Å². The van der Waals surface area contributed by atoms with E-state index >= 15 is 0 Å². The molecule has 1 atom stereocenters. The number of carbonyl (C=O) groups is 1. The number of methoxy groups -OCH3 is 1. The first-order chi connectivity index (χ1) is 15.4. The van der Waals surface area contributed by atoms with Crippen LogP contribution in [0.3, 0.4) is 0 Å². The van der Waals surface area contributed by atoms with Crippen LogP contribution in [0.4, 0.5) is 0 Å². The molecule has 1 fully saturated rings. The monoisotopic (exact) mass is 494 g/mol. The molecule has 0 aliphatic carbocycles. The highest BCUT2D eigenvalue weighted by atomic mass is 32.2. The number of carbonyl (C=O) groups excluding carboxylic acids is 1. The predicted octanol–water partition coefficient (Wildman–Crippen LogP) is 3.01. The smallest absolute Gasteiger partial charge is 0.257 e. The van der Waals surface area contributed by atoms with Crippen LogP contribution >= 0.6 is 0 Å². The zero-order valence-corrected chi connectivity index (χ0v) is 20.9. The highest BCUT2D eigenvalue weighted by molar-refractivity contribution is 7.90. The van der Waals surface area contributed by atoms with Crippen LogP contribution in [0.15, 0.2) is 52.3 Å². The van der Waals surface area contributed by atoms with Gasteiger partial charge in [0.15, 0.2) is 9.84 Å². The number of nitrogens with one attached hydrogen (secondary N) is 1. The number of sulfone groups is 1. The predicted molar refractivity (Wildman–Crippen MR) is 126 cm³/mol. The Balaban J connectivity index is 1.84. The second-order valence-electron chi connectivity index (χ2n) is 8.52. The van der Waals surface area contributed by atoms with Crippen molar-refractivity contribution in [2.45, 2.75) is 42.5 Å². The van der Waals surface area contributed by atoms with Crippen LogP contribution in [0, 0.1) is 5.92 Å². The molecule has 1 saturated heterocycles. The Kier molecular flexibility index (Phi) is 7.50. The molecule has 1 aliphatic rings. The van der Waals surface area contributed by atoms with E-state index in [1.807, 2.05) is 0 Å². The van der Waals surface area contributed by atoms with E-state index < -0.39 is 25.9 Å². The number of hydrogen-bond donors (Lipinski definition) is 1. The van der Waals surface area contributed by atoms with Crippen LogP contribution in [0.25, 0.3) is 0 Å². The average Bonchev–Trinajstić information content (AvgIpc) is 2.78. The maximum absolute atomic E-state index is 13.1. The van der Waals surface area contributed by atoms with Crippen molar-refractivity contribution < 1.29 is 26.4 Å². The number of amides is 1. The maximum atomic E-state index is 13.1. The van der Waals surface area contributed by atoms with E-state index in [4.69, 9.17) is 4.74 Å². The molecular formula is C23H30N2O6S2. The molecule has 2 aromatic carbocycles. The van der Waals surface area contributed by atoms with Gasteiger partial charge in [-0.2, -0.15) is 0 Å². The molecule has 180 valence electrons. The van der Waals surface area contributed by atoms with Gasteiger partial charge in [0.1, 0.15) is 5.75 Å². The van der Waals surface area contributed by atoms with E-state index in [9.17, 15) is 21.6 Å². The molecule has 1 N–H and O–H groups in total. The number of nitrogens with zero attached hydrogens (tertiary/aromatic N) is 1. The van der Waals surface area contributed by atoms with Gasteiger partial charge in [0.2, 0.25) is 10.0 Å². The van der Waals surface area contributed by atoms with Crippen LogP contribution in [0.2, 0.25) is 0 Å². The minimum absolute atomic E-state index is 0.0448. The summed E-state index contributed by atoms with van der Waals surface area (Å²) in [7, 11) is -5.86. The molecule has 0 bridgehead atoms. The van der Waals surface area contributed by atoms with Crippen molar-refractivity contribution in [1.29, 1.82) is 0 Å². The molecule has 1 heterocycles. The molecule has 33 heavy (non-hydrogen) atoms. The Morgan fingerprint density at radius 1 is 1.03 bits per heavy atom. The van der Waals surface area contributed by atoms with Crippen molar-refractivity contribution in [2.75, 3.05) is 26.5 Å². The Hall–Kier alpha value is -2.43. The summed E-state index contributed by atoms with van der Waals surface area (Å²) in [5.41, 5.74) is 0.818. The van der Waals surface area contributed by atoms with E-state index in [0.29, 0.717) is 30.3 Å². The highest BCUT2D eigenvalue weighted by Gasteiger charge is 2.27. The molecule has 2 aromatic rings. The number of ether oxygens (including phenoxy) is 1. The lowest BCUT2D eigenvalue weighted by atomic mass is 9.98. The fourth-order valence-electron chi connectivity index (χ4n) is 3.78. The molecule has 0 radical (unpaired) electrons. The van der Waals surface area contributed by atoms with Crippen LogP contribution in [-0.2, 0) is 19.9 Å². The summed E-state index contributed by atoms with van der Waals surface area (Å²) in [5, 5.41) is 0. The van der Waals surface area contributed by atoms with E-state index in [0.717, 1.165) is 19.1 Å². The summed E-state index contributed by atoms with van der Waals surface area (Å²) in [5.74, 6) is 0.627.